The van der Waals surface area contributed by atoms with Crippen molar-refractivity contribution in [3.8, 4) is 16.9 Å². The van der Waals surface area contributed by atoms with Gasteiger partial charge in [-0.2, -0.15) is 0 Å². The monoisotopic (exact) mass is 355 g/mol. The summed E-state index contributed by atoms with van der Waals surface area (Å²) < 4.78 is 7.72. The van der Waals surface area contributed by atoms with Crippen LogP contribution >= 0.6 is 11.6 Å². The van der Waals surface area contributed by atoms with Crippen LogP contribution in [0.4, 0.5) is 5.82 Å². The summed E-state index contributed by atoms with van der Waals surface area (Å²) in [7, 11) is 2.02. The Morgan fingerprint density at radius 2 is 2.20 bits per heavy atom. The first-order chi connectivity index (χ1) is 12.2. The number of fused-ring (bicyclic) bond motifs is 2. The zero-order valence-electron chi connectivity index (χ0n) is 13.9. The van der Waals surface area contributed by atoms with Crippen LogP contribution in [0, 0.1) is 5.92 Å². The first-order valence-electron chi connectivity index (χ1n) is 8.57. The topological polar surface area (TPSA) is 56.1 Å². The fourth-order valence-electron chi connectivity index (χ4n) is 3.28. The minimum Gasteiger partial charge on any atom is -0.488 e. The van der Waals surface area contributed by atoms with Crippen molar-refractivity contribution >= 4 is 28.5 Å². The van der Waals surface area contributed by atoms with Crippen molar-refractivity contribution in [2.45, 2.75) is 19.4 Å². The number of ether oxygens (including phenoxy) is 1. The number of nitrogens with zero attached hydrogens (tertiary/aromatic N) is 5. The maximum Gasteiger partial charge on any atom is 0.171 e. The van der Waals surface area contributed by atoms with Crippen LogP contribution in [0.5, 0.6) is 5.75 Å². The molecule has 0 unspecified atom stereocenters. The Hall–Kier alpha value is -2.34. The molecule has 0 amide bonds. The molecule has 1 aliphatic heterocycles. The van der Waals surface area contributed by atoms with E-state index in [9.17, 15) is 0 Å². The zero-order valence-corrected chi connectivity index (χ0v) is 14.7. The van der Waals surface area contributed by atoms with Crippen LogP contribution in [0.3, 0.4) is 0 Å². The first kappa shape index (κ1) is 15.0. The van der Waals surface area contributed by atoms with Crippen molar-refractivity contribution in [3.63, 3.8) is 0 Å². The molecule has 25 heavy (non-hydrogen) atoms. The Morgan fingerprint density at radius 3 is 3.04 bits per heavy atom. The fourth-order valence-corrected chi connectivity index (χ4v) is 3.59. The molecule has 0 atom stereocenters. The van der Waals surface area contributed by atoms with Crippen LogP contribution in [0.2, 0.25) is 5.02 Å². The molecule has 0 radical (unpaired) electrons. The molecule has 5 rings (SSSR count). The lowest BCUT2D eigenvalue weighted by Crippen LogP contribution is -2.29. The fraction of sp³-hybridized carbons (Fsp3) is 0.389. The maximum atomic E-state index is 6.66. The van der Waals surface area contributed by atoms with Crippen LogP contribution < -0.4 is 9.64 Å². The predicted octanol–water partition coefficient (Wildman–Crippen LogP) is 3.39. The molecule has 0 spiro atoms. The Morgan fingerprint density at radius 1 is 1.32 bits per heavy atom. The van der Waals surface area contributed by atoms with Gasteiger partial charge in [-0.15, -0.1) is 5.10 Å². The van der Waals surface area contributed by atoms with E-state index in [1.54, 1.807) is 0 Å². The third-order valence-electron chi connectivity index (χ3n) is 4.94. The summed E-state index contributed by atoms with van der Waals surface area (Å²) in [5.74, 6) is 2.39. The van der Waals surface area contributed by atoms with E-state index < -0.39 is 0 Å². The number of pyridine rings is 1. The summed E-state index contributed by atoms with van der Waals surface area (Å²) in [6.45, 7) is 2.43. The molecule has 2 aliphatic rings. The van der Waals surface area contributed by atoms with Crippen LogP contribution in [0.25, 0.3) is 22.2 Å². The van der Waals surface area contributed by atoms with Gasteiger partial charge in [-0.3, -0.25) is 0 Å². The third-order valence-corrected chi connectivity index (χ3v) is 5.33. The number of hydrogen-bond donors (Lipinski definition) is 0. The van der Waals surface area contributed by atoms with Gasteiger partial charge in [0.25, 0.3) is 0 Å². The maximum absolute atomic E-state index is 6.66. The number of anilines is 1. The third kappa shape index (κ3) is 2.52. The summed E-state index contributed by atoms with van der Waals surface area (Å²) in [5.41, 5.74) is 3.57. The van der Waals surface area contributed by atoms with Crippen molar-refractivity contribution in [2.24, 2.45) is 5.92 Å². The summed E-state index contributed by atoms with van der Waals surface area (Å²) in [6.07, 6.45) is 4.40. The number of aromatic nitrogens is 4. The quantitative estimate of drug-likeness (QED) is 0.720. The smallest absolute Gasteiger partial charge is 0.171 e. The molecule has 2 aromatic heterocycles. The van der Waals surface area contributed by atoms with Crippen molar-refractivity contribution in [1.82, 2.24) is 20.0 Å². The highest BCUT2D eigenvalue weighted by molar-refractivity contribution is 6.37. The van der Waals surface area contributed by atoms with Gasteiger partial charge >= 0.3 is 0 Å². The molecule has 0 N–H and O–H groups in total. The molecule has 7 heteroatoms. The van der Waals surface area contributed by atoms with E-state index in [0.29, 0.717) is 11.6 Å². The number of hydrogen-bond acceptors (Lipinski definition) is 5. The molecule has 3 aromatic rings. The highest BCUT2D eigenvalue weighted by Crippen LogP contribution is 2.38. The molecule has 1 fully saturated rings. The van der Waals surface area contributed by atoms with Gasteiger partial charge in [-0.1, -0.05) is 22.9 Å². The van der Waals surface area contributed by atoms with Gasteiger partial charge in [-0.25, -0.2) is 9.67 Å². The normalized spacial score (nSPS) is 16.8. The summed E-state index contributed by atoms with van der Waals surface area (Å²) in [4.78, 5) is 6.65. The average molecular weight is 356 g/mol. The van der Waals surface area contributed by atoms with E-state index in [-0.39, 0.29) is 0 Å². The van der Waals surface area contributed by atoms with E-state index in [0.717, 1.165) is 52.7 Å². The van der Waals surface area contributed by atoms with E-state index in [2.05, 4.69) is 20.2 Å². The number of benzene rings is 1. The predicted molar refractivity (Wildman–Crippen MR) is 97.3 cm³/mol. The summed E-state index contributed by atoms with van der Waals surface area (Å²) in [5, 5.41) is 9.21. The number of halogens is 1. The highest BCUT2D eigenvalue weighted by Gasteiger charge is 2.24. The van der Waals surface area contributed by atoms with Gasteiger partial charge in [0.2, 0.25) is 0 Å². The molecule has 1 aromatic carbocycles. The highest BCUT2D eigenvalue weighted by atomic mass is 35.5. The lowest BCUT2D eigenvalue weighted by atomic mass is 10.1. The van der Waals surface area contributed by atoms with Crippen LogP contribution in [-0.2, 0) is 6.54 Å². The molecular formula is C18H18ClN5O. The van der Waals surface area contributed by atoms with Crippen LogP contribution in [-0.4, -0.2) is 40.2 Å². The molecule has 6 nitrogen and oxygen atoms in total. The standard InChI is InChI=1S/C18H18ClN5O/c1-23-6-7-25-15-8-12(9-20-18(15)23)13-4-5-14-17(16(13)19)21-22-24(14)10-11-2-3-11/h4-5,8-9,11H,2-3,6-7,10H2,1H3. The van der Waals surface area contributed by atoms with Crippen LogP contribution in [0.1, 0.15) is 12.8 Å². The first-order valence-corrected chi connectivity index (χ1v) is 8.94. The molecule has 0 saturated heterocycles. The van der Waals surface area contributed by atoms with Gasteiger partial charge in [0.1, 0.15) is 12.1 Å². The average Bonchev–Trinajstić information content (AvgIpc) is 3.34. The van der Waals surface area contributed by atoms with E-state index in [4.69, 9.17) is 16.3 Å². The second-order valence-corrected chi connectivity index (χ2v) is 7.20. The van der Waals surface area contributed by atoms with Gasteiger partial charge in [0, 0.05) is 30.9 Å². The van der Waals surface area contributed by atoms with Crippen molar-refractivity contribution in [3.05, 3.63) is 29.4 Å². The molecule has 1 aliphatic carbocycles. The van der Waals surface area contributed by atoms with Crippen LogP contribution in [0.15, 0.2) is 24.4 Å². The Balaban J connectivity index is 1.57. The van der Waals surface area contributed by atoms with Crippen molar-refractivity contribution in [1.29, 1.82) is 0 Å². The number of rotatable bonds is 3. The second-order valence-electron chi connectivity index (χ2n) is 6.83. The lowest BCUT2D eigenvalue weighted by molar-refractivity contribution is 0.309. The minimum absolute atomic E-state index is 0.616. The van der Waals surface area contributed by atoms with Gasteiger partial charge < -0.3 is 9.64 Å². The summed E-state index contributed by atoms with van der Waals surface area (Å²) in [6, 6.07) is 6.07. The molecule has 128 valence electrons. The summed E-state index contributed by atoms with van der Waals surface area (Å²) >= 11 is 6.66. The second kappa shape index (κ2) is 5.59. The van der Waals surface area contributed by atoms with Crippen molar-refractivity contribution in [2.75, 3.05) is 25.1 Å². The molecule has 0 bridgehead atoms. The zero-order chi connectivity index (χ0) is 17.0. The largest absolute Gasteiger partial charge is 0.488 e. The molecular weight excluding hydrogens is 338 g/mol. The minimum atomic E-state index is 0.616. The molecule has 3 heterocycles. The molecule has 1 saturated carbocycles. The Bertz CT molecular complexity index is 965. The number of likely N-dealkylation sites (N-methyl/N-ethyl adjacent to an activating group) is 1. The van der Waals surface area contributed by atoms with Gasteiger partial charge in [-0.05, 0) is 30.9 Å². The van der Waals surface area contributed by atoms with E-state index in [1.807, 2.05) is 36.1 Å². The van der Waals surface area contributed by atoms with Crippen molar-refractivity contribution < 1.29 is 4.74 Å². The van der Waals surface area contributed by atoms with E-state index in [1.165, 1.54) is 12.8 Å². The SMILES string of the molecule is CN1CCOc2cc(-c3ccc4c(nnn4CC4CC4)c3Cl)cnc21. The van der Waals surface area contributed by atoms with E-state index >= 15 is 0 Å². The van der Waals surface area contributed by atoms with Gasteiger partial charge in [0.05, 0.1) is 17.1 Å². The lowest BCUT2D eigenvalue weighted by Gasteiger charge is -2.26. The Kier molecular flexibility index (Phi) is 3.35. The Labute approximate surface area is 150 Å². The van der Waals surface area contributed by atoms with Gasteiger partial charge in [0.15, 0.2) is 11.6 Å².